The van der Waals surface area contributed by atoms with E-state index in [2.05, 4.69) is 0 Å². The van der Waals surface area contributed by atoms with Crippen LogP contribution in [0.25, 0.3) is 11.1 Å². The summed E-state index contributed by atoms with van der Waals surface area (Å²) < 4.78 is 66.9. The first-order chi connectivity index (χ1) is 9.73. The van der Waals surface area contributed by atoms with Gasteiger partial charge in [0, 0.05) is 23.8 Å². The highest BCUT2D eigenvalue weighted by molar-refractivity contribution is 5.70. The number of aromatic hydroxyl groups is 1. The SMILES string of the molecule is O=[N+]([O-])c1cc(-c2c(F)c(F)cc(F)c2F)c(F)cc1O. The van der Waals surface area contributed by atoms with Gasteiger partial charge in [-0.3, -0.25) is 10.1 Å². The van der Waals surface area contributed by atoms with Crippen LogP contribution in [0.3, 0.4) is 0 Å². The topological polar surface area (TPSA) is 63.4 Å². The zero-order chi connectivity index (χ0) is 15.9. The van der Waals surface area contributed by atoms with Crippen molar-refractivity contribution in [1.82, 2.24) is 0 Å². The second-order valence-electron chi connectivity index (χ2n) is 3.92. The summed E-state index contributed by atoms with van der Waals surface area (Å²) in [6.07, 6.45) is 0. The Morgan fingerprint density at radius 3 is 1.90 bits per heavy atom. The van der Waals surface area contributed by atoms with E-state index in [1.54, 1.807) is 0 Å². The molecule has 2 aromatic rings. The monoisotopic (exact) mass is 305 g/mol. The summed E-state index contributed by atoms with van der Waals surface area (Å²) in [5.74, 6) is -9.99. The average Bonchev–Trinajstić information content (AvgIpc) is 2.38. The lowest BCUT2D eigenvalue weighted by Crippen LogP contribution is -2.01. The van der Waals surface area contributed by atoms with E-state index in [4.69, 9.17) is 5.11 Å². The largest absolute Gasteiger partial charge is 0.502 e. The van der Waals surface area contributed by atoms with Crippen molar-refractivity contribution < 1.29 is 32.0 Å². The molecule has 2 aromatic carbocycles. The molecule has 110 valence electrons. The van der Waals surface area contributed by atoms with E-state index >= 15 is 0 Å². The van der Waals surface area contributed by atoms with Gasteiger partial charge in [0.1, 0.15) is 5.82 Å². The van der Waals surface area contributed by atoms with Crippen LogP contribution in [-0.2, 0) is 0 Å². The van der Waals surface area contributed by atoms with Crippen molar-refractivity contribution in [3.8, 4) is 16.9 Å². The van der Waals surface area contributed by atoms with Crippen LogP contribution in [0.5, 0.6) is 5.75 Å². The summed E-state index contributed by atoms with van der Waals surface area (Å²) in [6.45, 7) is 0. The zero-order valence-corrected chi connectivity index (χ0v) is 9.83. The van der Waals surface area contributed by atoms with Gasteiger partial charge in [0.2, 0.25) is 0 Å². The van der Waals surface area contributed by atoms with Crippen molar-refractivity contribution in [2.75, 3.05) is 0 Å². The summed E-state index contributed by atoms with van der Waals surface area (Å²) in [5, 5.41) is 19.8. The first kappa shape index (κ1) is 14.7. The van der Waals surface area contributed by atoms with E-state index < -0.39 is 56.6 Å². The molecule has 0 bridgehead atoms. The number of rotatable bonds is 2. The van der Waals surface area contributed by atoms with Crippen molar-refractivity contribution in [2.24, 2.45) is 0 Å². The van der Waals surface area contributed by atoms with Crippen LogP contribution in [0.15, 0.2) is 18.2 Å². The summed E-state index contributed by atoms with van der Waals surface area (Å²) in [5.41, 5.74) is -3.60. The quantitative estimate of drug-likeness (QED) is 0.398. The highest BCUT2D eigenvalue weighted by Gasteiger charge is 2.26. The fraction of sp³-hybridized carbons (Fsp3) is 0. The number of phenols is 1. The van der Waals surface area contributed by atoms with Crippen LogP contribution < -0.4 is 0 Å². The van der Waals surface area contributed by atoms with E-state index in [9.17, 15) is 32.1 Å². The first-order valence-electron chi connectivity index (χ1n) is 5.24. The fourth-order valence-corrected chi connectivity index (χ4v) is 1.70. The lowest BCUT2D eigenvalue weighted by Gasteiger charge is -2.09. The minimum absolute atomic E-state index is 0.0824. The molecule has 0 atom stereocenters. The molecule has 0 aliphatic rings. The molecule has 0 saturated heterocycles. The first-order valence-corrected chi connectivity index (χ1v) is 5.24. The van der Waals surface area contributed by atoms with E-state index in [1.807, 2.05) is 0 Å². The number of nitro groups is 1. The molecule has 0 amide bonds. The number of nitrogens with zero attached hydrogens (tertiary/aromatic N) is 1. The Morgan fingerprint density at radius 2 is 1.43 bits per heavy atom. The summed E-state index contributed by atoms with van der Waals surface area (Å²) in [4.78, 5) is 9.46. The van der Waals surface area contributed by atoms with E-state index in [0.717, 1.165) is 0 Å². The molecule has 9 heteroatoms. The van der Waals surface area contributed by atoms with Gasteiger partial charge in [-0.15, -0.1) is 0 Å². The summed E-state index contributed by atoms with van der Waals surface area (Å²) >= 11 is 0. The molecule has 4 nitrogen and oxygen atoms in total. The second-order valence-corrected chi connectivity index (χ2v) is 3.92. The smallest absolute Gasteiger partial charge is 0.311 e. The van der Waals surface area contributed by atoms with E-state index in [1.165, 1.54) is 0 Å². The van der Waals surface area contributed by atoms with E-state index in [0.29, 0.717) is 0 Å². The maximum absolute atomic E-state index is 13.6. The Morgan fingerprint density at radius 1 is 0.905 bits per heavy atom. The van der Waals surface area contributed by atoms with Gasteiger partial charge in [0.25, 0.3) is 0 Å². The normalized spacial score (nSPS) is 10.7. The Bertz CT molecular complexity index is 737. The van der Waals surface area contributed by atoms with Crippen LogP contribution in [0.2, 0.25) is 0 Å². The van der Waals surface area contributed by atoms with E-state index in [-0.39, 0.29) is 18.2 Å². The minimum atomic E-state index is -1.91. The molecule has 0 aromatic heterocycles. The molecule has 1 N–H and O–H groups in total. The van der Waals surface area contributed by atoms with Gasteiger partial charge in [-0.05, 0) is 0 Å². The average molecular weight is 305 g/mol. The lowest BCUT2D eigenvalue weighted by molar-refractivity contribution is -0.385. The molecular weight excluding hydrogens is 301 g/mol. The molecule has 2 rings (SSSR count). The molecule has 0 aliphatic carbocycles. The van der Waals surface area contributed by atoms with Crippen LogP contribution in [0.4, 0.5) is 27.6 Å². The van der Waals surface area contributed by atoms with Gasteiger partial charge in [-0.1, -0.05) is 0 Å². The van der Waals surface area contributed by atoms with Gasteiger partial charge >= 0.3 is 5.69 Å². The molecule has 21 heavy (non-hydrogen) atoms. The van der Waals surface area contributed by atoms with Crippen LogP contribution in [-0.4, -0.2) is 10.0 Å². The third kappa shape index (κ3) is 2.37. The Hall–Kier alpha value is -2.71. The number of hydrogen-bond acceptors (Lipinski definition) is 3. The molecular formula is C12H4F5NO3. The maximum atomic E-state index is 13.6. The molecule has 0 radical (unpaired) electrons. The van der Waals surface area contributed by atoms with Crippen LogP contribution in [0.1, 0.15) is 0 Å². The summed E-state index contributed by atoms with van der Waals surface area (Å²) in [6, 6.07) is 0.418. The number of phenolic OH excluding ortho intramolecular Hbond substituents is 1. The van der Waals surface area contributed by atoms with Crippen LogP contribution >= 0.6 is 0 Å². The maximum Gasteiger partial charge on any atom is 0.311 e. The molecule has 0 spiro atoms. The molecule has 0 unspecified atom stereocenters. The Labute approximate surface area is 113 Å². The second kappa shape index (κ2) is 5.00. The fourth-order valence-electron chi connectivity index (χ4n) is 1.70. The lowest BCUT2D eigenvalue weighted by atomic mass is 10.0. The van der Waals surface area contributed by atoms with Crippen molar-refractivity contribution in [1.29, 1.82) is 0 Å². The highest BCUT2D eigenvalue weighted by atomic mass is 19.2. The third-order valence-electron chi connectivity index (χ3n) is 2.64. The number of benzene rings is 2. The highest BCUT2D eigenvalue weighted by Crippen LogP contribution is 2.37. The molecule has 0 heterocycles. The summed E-state index contributed by atoms with van der Waals surface area (Å²) in [7, 11) is 0. The van der Waals surface area contributed by atoms with Crippen LogP contribution in [0, 0.1) is 39.2 Å². The molecule has 0 saturated carbocycles. The number of hydrogen-bond donors (Lipinski definition) is 1. The van der Waals surface area contributed by atoms with Gasteiger partial charge in [-0.25, -0.2) is 22.0 Å². The van der Waals surface area contributed by atoms with Gasteiger partial charge in [0.05, 0.1) is 10.5 Å². The van der Waals surface area contributed by atoms with Crippen molar-refractivity contribution in [3.63, 3.8) is 0 Å². The van der Waals surface area contributed by atoms with Gasteiger partial charge < -0.3 is 5.11 Å². The minimum Gasteiger partial charge on any atom is -0.502 e. The van der Waals surface area contributed by atoms with Gasteiger partial charge in [-0.2, -0.15) is 0 Å². The Balaban J connectivity index is 2.85. The van der Waals surface area contributed by atoms with Crippen molar-refractivity contribution >= 4 is 5.69 Å². The third-order valence-corrected chi connectivity index (χ3v) is 2.64. The van der Waals surface area contributed by atoms with Crippen molar-refractivity contribution in [3.05, 3.63) is 57.4 Å². The predicted octanol–water partition coefficient (Wildman–Crippen LogP) is 3.66. The zero-order valence-electron chi connectivity index (χ0n) is 9.83. The molecule has 0 fully saturated rings. The Kier molecular flexibility index (Phi) is 3.50. The van der Waals surface area contributed by atoms with Gasteiger partial charge in [0.15, 0.2) is 29.0 Å². The molecule has 0 aliphatic heterocycles. The van der Waals surface area contributed by atoms with Crippen molar-refractivity contribution in [2.45, 2.75) is 0 Å². The standard InChI is InChI=1S/C12H4F5NO3/c13-5-3-9(19)8(18(20)21)1-4(5)10-11(16)6(14)2-7(15)12(10)17/h1-3,19H. The number of halogens is 5. The number of nitro benzene ring substituents is 1. The predicted molar refractivity (Wildman–Crippen MR) is 60.0 cm³/mol.